The average Bonchev–Trinajstić information content (AvgIpc) is 2.66. The van der Waals surface area contributed by atoms with E-state index in [9.17, 15) is 4.79 Å². The molecule has 0 aliphatic rings. The van der Waals surface area contributed by atoms with E-state index >= 15 is 0 Å². The molecule has 0 spiro atoms. The SMILES string of the molecule is CC(C)(C)C(=O)OC(C#Cc1ccccc1)CCCC#Cc1ccccc1. The van der Waals surface area contributed by atoms with E-state index < -0.39 is 11.5 Å². The summed E-state index contributed by atoms with van der Waals surface area (Å²) < 4.78 is 5.64. The van der Waals surface area contributed by atoms with Crippen molar-refractivity contribution in [1.29, 1.82) is 0 Å². The summed E-state index contributed by atoms with van der Waals surface area (Å²) in [6.07, 6.45) is 1.82. The molecule has 0 saturated heterocycles. The van der Waals surface area contributed by atoms with Gasteiger partial charge in [-0.2, -0.15) is 0 Å². The number of carbonyl (C=O) groups is 1. The van der Waals surface area contributed by atoms with E-state index in [2.05, 4.69) is 23.7 Å². The molecule has 0 N–H and O–H groups in total. The number of hydrogen-bond donors (Lipinski definition) is 0. The lowest BCUT2D eigenvalue weighted by Crippen LogP contribution is -2.27. The molecule has 0 aliphatic heterocycles. The Bertz CT molecular complexity index is 838. The monoisotopic (exact) mass is 358 g/mol. The van der Waals surface area contributed by atoms with Crippen LogP contribution in [0.15, 0.2) is 60.7 Å². The molecule has 27 heavy (non-hydrogen) atoms. The van der Waals surface area contributed by atoms with Crippen LogP contribution in [0.3, 0.4) is 0 Å². The van der Waals surface area contributed by atoms with Crippen LogP contribution in [0.1, 0.15) is 51.2 Å². The number of rotatable bonds is 4. The van der Waals surface area contributed by atoms with Crippen molar-refractivity contribution < 1.29 is 9.53 Å². The van der Waals surface area contributed by atoms with E-state index in [0.29, 0.717) is 6.42 Å². The third-order valence-electron chi connectivity index (χ3n) is 3.79. The van der Waals surface area contributed by atoms with Crippen LogP contribution in [0.5, 0.6) is 0 Å². The summed E-state index contributed by atoms with van der Waals surface area (Å²) in [5, 5.41) is 0. The minimum atomic E-state index is -0.542. The molecule has 0 radical (unpaired) electrons. The van der Waals surface area contributed by atoms with Gasteiger partial charge in [-0.05, 0) is 57.9 Å². The summed E-state index contributed by atoms with van der Waals surface area (Å²) in [5.74, 6) is 12.3. The van der Waals surface area contributed by atoms with Crippen LogP contribution >= 0.6 is 0 Å². The molecular formula is C25H26O2. The first-order valence-corrected chi connectivity index (χ1v) is 9.27. The fourth-order valence-electron chi connectivity index (χ4n) is 2.21. The van der Waals surface area contributed by atoms with Crippen molar-refractivity contribution in [3.63, 3.8) is 0 Å². The first-order valence-electron chi connectivity index (χ1n) is 9.27. The fraction of sp³-hybridized carbons (Fsp3) is 0.320. The maximum Gasteiger partial charge on any atom is 0.312 e. The van der Waals surface area contributed by atoms with Crippen LogP contribution in [0.25, 0.3) is 0 Å². The van der Waals surface area contributed by atoms with Gasteiger partial charge in [0.15, 0.2) is 6.10 Å². The standard InChI is InChI=1S/C25H26O2/c1-25(2,3)24(26)27-23(20-19-22-16-9-5-10-17-22)18-12-6-11-15-21-13-7-4-8-14-21/h4-5,7-10,13-14,16-17,23H,6,12,18H2,1-3H3. The summed E-state index contributed by atoms with van der Waals surface area (Å²) in [4.78, 5) is 12.2. The van der Waals surface area contributed by atoms with E-state index in [1.54, 1.807) is 0 Å². The van der Waals surface area contributed by atoms with E-state index in [1.807, 2.05) is 81.4 Å². The Kier molecular flexibility index (Phi) is 7.72. The van der Waals surface area contributed by atoms with Gasteiger partial charge in [-0.1, -0.05) is 60.1 Å². The first-order chi connectivity index (χ1) is 12.9. The Morgan fingerprint density at radius 1 is 0.926 bits per heavy atom. The quantitative estimate of drug-likeness (QED) is 0.426. The van der Waals surface area contributed by atoms with Gasteiger partial charge in [0.25, 0.3) is 0 Å². The Hall–Kier alpha value is -2.97. The first kappa shape index (κ1) is 20.3. The number of unbranched alkanes of at least 4 members (excludes halogenated alkanes) is 1. The zero-order valence-electron chi connectivity index (χ0n) is 16.3. The Morgan fingerprint density at radius 3 is 2.04 bits per heavy atom. The van der Waals surface area contributed by atoms with Gasteiger partial charge in [0, 0.05) is 17.5 Å². The van der Waals surface area contributed by atoms with Crippen LogP contribution in [0, 0.1) is 29.1 Å². The zero-order chi connectivity index (χ0) is 19.5. The van der Waals surface area contributed by atoms with Gasteiger partial charge in [0.2, 0.25) is 0 Å². The van der Waals surface area contributed by atoms with E-state index in [-0.39, 0.29) is 5.97 Å². The summed E-state index contributed by atoms with van der Waals surface area (Å²) in [5.41, 5.74) is 1.38. The second-order valence-corrected chi connectivity index (χ2v) is 7.34. The van der Waals surface area contributed by atoms with Crippen LogP contribution < -0.4 is 0 Å². The summed E-state index contributed by atoms with van der Waals surface area (Å²) >= 11 is 0. The van der Waals surface area contributed by atoms with Crippen molar-refractivity contribution in [2.24, 2.45) is 5.41 Å². The molecular weight excluding hydrogens is 332 g/mol. The van der Waals surface area contributed by atoms with Gasteiger partial charge in [0.05, 0.1) is 5.41 Å². The Morgan fingerprint density at radius 2 is 1.48 bits per heavy atom. The molecule has 2 nitrogen and oxygen atoms in total. The van der Waals surface area contributed by atoms with E-state index in [1.165, 1.54) is 0 Å². The number of ether oxygens (including phenoxy) is 1. The molecule has 2 aromatic rings. The molecule has 0 saturated carbocycles. The maximum atomic E-state index is 12.2. The number of esters is 1. The fourth-order valence-corrected chi connectivity index (χ4v) is 2.21. The Labute approximate surface area is 163 Å². The molecule has 138 valence electrons. The average molecular weight is 358 g/mol. The van der Waals surface area contributed by atoms with Crippen molar-refractivity contribution in [2.75, 3.05) is 0 Å². The third-order valence-corrected chi connectivity index (χ3v) is 3.79. The highest BCUT2D eigenvalue weighted by atomic mass is 16.5. The van der Waals surface area contributed by atoms with Crippen molar-refractivity contribution in [2.45, 2.75) is 46.1 Å². The molecule has 0 heterocycles. The molecule has 1 atom stereocenters. The minimum absolute atomic E-state index is 0.231. The predicted octanol–water partition coefficient (Wildman–Crippen LogP) is 5.22. The maximum absolute atomic E-state index is 12.2. The molecule has 0 aliphatic carbocycles. The molecule has 0 aromatic heterocycles. The van der Waals surface area contributed by atoms with Gasteiger partial charge in [-0.25, -0.2) is 0 Å². The predicted molar refractivity (Wildman–Crippen MR) is 110 cm³/mol. The third kappa shape index (κ3) is 7.85. The van der Waals surface area contributed by atoms with Crippen LogP contribution in [0.4, 0.5) is 0 Å². The number of benzene rings is 2. The second-order valence-electron chi connectivity index (χ2n) is 7.34. The lowest BCUT2D eigenvalue weighted by molar-refractivity contribution is -0.156. The van der Waals surface area contributed by atoms with Crippen LogP contribution in [-0.2, 0) is 9.53 Å². The van der Waals surface area contributed by atoms with Crippen molar-refractivity contribution in [1.82, 2.24) is 0 Å². The van der Waals surface area contributed by atoms with Gasteiger partial charge in [-0.3, -0.25) is 4.79 Å². The molecule has 0 fully saturated rings. The summed E-state index contributed by atoms with van der Waals surface area (Å²) in [6, 6.07) is 19.6. The lowest BCUT2D eigenvalue weighted by atomic mass is 9.97. The normalized spacial score (nSPS) is 11.4. The zero-order valence-corrected chi connectivity index (χ0v) is 16.3. The summed E-state index contributed by atoms with van der Waals surface area (Å²) in [6.45, 7) is 5.55. The smallest absolute Gasteiger partial charge is 0.312 e. The molecule has 2 heteroatoms. The van der Waals surface area contributed by atoms with Crippen LogP contribution in [0.2, 0.25) is 0 Å². The second kappa shape index (κ2) is 10.2. The topological polar surface area (TPSA) is 26.3 Å². The summed E-state index contributed by atoms with van der Waals surface area (Å²) in [7, 11) is 0. The molecule has 0 bridgehead atoms. The highest BCUT2D eigenvalue weighted by Gasteiger charge is 2.25. The van der Waals surface area contributed by atoms with E-state index in [0.717, 1.165) is 24.0 Å². The molecule has 2 aromatic carbocycles. The number of hydrogen-bond acceptors (Lipinski definition) is 2. The highest BCUT2D eigenvalue weighted by Crippen LogP contribution is 2.18. The van der Waals surface area contributed by atoms with Crippen molar-refractivity contribution >= 4 is 5.97 Å². The minimum Gasteiger partial charge on any atom is -0.449 e. The molecule has 2 rings (SSSR count). The van der Waals surface area contributed by atoms with Gasteiger partial charge in [-0.15, -0.1) is 0 Å². The van der Waals surface area contributed by atoms with E-state index in [4.69, 9.17) is 4.74 Å². The highest BCUT2D eigenvalue weighted by molar-refractivity contribution is 5.75. The van der Waals surface area contributed by atoms with Gasteiger partial charge in [0.1, 0.15) is 0 Å². The van der Waals surface area contributed by atoms with Crippen LogP contribution in [-0.4, -0.2) is 12.1 Å². The van der Waals surface area contributed by atoms with Gasteiger partial charge < -0.3 is 4.74 Å². The largest absolute Gasteiger partial charge is 0.449 e. The van der Waals surface area contributed by atoms with Gasteiger partial charge >= 0.3 is 5.97 Å². The number of carbonyl (C=O) groups excluding carboxylic acids is 1. The van der Waals surface area contributed by atoms with Crippen molar-refractivity contribution in [3.05, 3.63) is 71.8 Å². The lowest BCUT2D eigenvalue weighted by Gasteiger charge is -2.20. The van der Waals surface area contributed by atoms with Crippen molar-refractivity contribution in [3.8, 4) is 23.7 Å². The molecule has 0 amide bonds. The Balaban J connectivity index is 1.96. The molecule has 1 unspecified atom stereocenters.